The van der Waals surface area contributed by atoms with Gasteiger partial charge in [0.15, 0.2) is 0 Å². The lowest BCUT2D eigenvalue weighted by molar-refractivity contribution is 0.112. The summed E-state index contributed by atoms with van der Waals surface area (Å²) >= 11 is 0. The summed E-state index contributed by atoms with van der Waals surface area (Å²) in [6.07, 6.45) is 0.852. The molecule has 1 N–H and O–H groups in total. The van der Waals surface area contributed by atoms with Crippen molar-refractivity contribution in [2.75, 3.05) is 25.1 Å². The molecule has 0 saturated carbocycles. The highest BCUT2D eigenvalue weighted by Gasteiger charge is 2.02. The van der Waals surface area contributed by atoms with E-state index in [1.807, 2.05) is 42.3 Å². The molecule has 0 aliphatic heterocycles. The van der Waals surface area contributed by atoms with Gasteiger partial charge in [0.1, 0.15) is 6.29 Å². The van der Waals surface area contributed by atoms with Crippen LogP contribution in [0.5, 0.6) is 0 Å². The summed E-state index contributed by atoms with van der Waals surface area (Å²) in [6, 6.07) is 11.7. The van der Waals surface area contributed by atoms with Crippen molar-refractivity contribution in [3.8, 4) is 0 Å². The lowest BCUT2D eigenvalue weighted by Crippen LogP contribution is -2.20. The Hall–Kier alpha value is -1.87. The molecule has 0 heterocycles. The van der Waals surface area contributed by atoms with Crippen LogP contribution >= 0.6 is 0 Å². The maximum atomic E-state index is 10.7. The molecule has 0 spiro atoms. The molecule has 2 aromatic carbocycles. The molecule has 0 aromatic heterocycles. The van der Waals surface area contributed by atoms with Gasteiger partial charge in [-0.2, -0.15) is 0 Å². The Labute approximate surface area is 100 Å². The number of nitrogens with zero attached hydrogens (tertiary/aromatic N) is 1. The van der Waals surface area contributed by atoms with Crippen LogP contribution < -0.4 is 4.90 Å². The summed E-state index contributed by atoms with van der Waals surface area (Å²) in [6.45, 7) is 0.747. The third-order valence-electron chi connectivity index (χ3n) is 2.86. The highest BCUT2D eigenvalue weighted by Crippen LogP contribution is 2.22. The van der Waals surface area contributed by atoms with Gasteiger partial charge < -0.3 is 10.0 Å². The highest BCUT2D eigenvalue weighted by atomic mass is 16.3. The average Bonchev–Trinajstić information content (AvgIpc) is 2.37. The maximum absolute atomic E-state index is 10.7. The van der Waals surface area contributed by atoms with Crippen molar-refractivity contribution in [2.45, 2.75) is 0 Å². The quantitative estimate of drug-likeness (QED) is 0.816. The number of carbonyl (C=O) groups is 1. The van der Waals surface area contributed by atoms with Crippen molar-refractivity contribution >= 4 is 22.7 Å². The van der Waals surface area contributed by atoms with E-state index in [-0.39, 0.29) is 6.61 Å². The van der Waals surface area contributed by atoms with Gasteiger partial charge in [0.05, 0.1) is 6.61 Å². The number of fused-ring (bicyclic) bond motifs is 1. The second-order valence-electron chi connectivity index (χ2n) is 4.05. The van der Waals surface area contributed by atoms with Crippen LogP contribution in [0.1, 0.15) is 10.4 Å². The molecular weight excluding hydrogens is 214 g/mol. The molecule has 3 nitrogen and oxygen atoms in total. The van der Waals surface area contributed by atoms with Gasteiger partial charge in [0, 0.05) is 24.8 Å². The van der Waals surface area contributed by atoms with Crippen molar-refractivity contribution < 1.29 is 9.90 Å². The van der Waals surface area contributed by atoms with Gasteiger partial charge in [-0.3, -0.25) is 4.79 Å². The first-order valence-corrected chi connectivity index (χ1v) is 5.55. The molecule has 0 unspecified atom stereocenters. The third-order valence-corrected chi connectivity index (χ3v) is 2.86. The van der Waals surface area contributed by atoms with Gasteiger partial charge in [-0.05, 0) is 29.0 Å². The molecule has 0 amide bonds. The Morgan fingerprint density at radius 3 is 2.59 bits per heavy atom. The van der Waals surface area contributed by atoms with E-state index in [1.54, 1.807) is 0 Å². The smallest absolute Gasteiger partial charge is 0.150 e. The number of likely N-dealkylation sites (N-methyl/N-ethyl adjacent to an activating group) is 1. The van der Waals surface area contributed by atoms with E-state index < -0.39 is 0 Å². The van der Waals surface area contributed by atoms with E-state index >= 15 is 0 Å². The Balaban J connectivity index is 2.41. The summed E-state index contributed by atoms with van der Waals surface area (Å²) in [4.78, 5) is 12.7. The molecule has 0 bridgehead atoms. The molecule has 0 atom stereocenters. The maximum Gasteiger partial charge on any atom is 0.150 e. The zero-order valence-electron chi connectivity index (χ0n) is 9.76. The van der Waals surface area contributed by atoms with Crippen LogP contribution in [0.2, 0.25) is 0 Å². The number of anilines is 1. The number of aliphatic hydroxyl groups excluding tert-OH is 1. The summed E-state index contributed by atoms with van der Waals surface area (Å²) in [5, 5.41) is 11.0. The van der Waals surface area contributed by atoms with Crippen LogP contribution in [0, 0.1) is 0 Å². The summed E-state index contributed by atoms with van der Waals surface area (Å²) in [7, 11) is 1.94. The van der Waals surface area contributed by atoms with Crippen molar-refractivity contribution in [1.82, 2.24) is 0 Å². The largest absolute Gasteiger partial charge is 0.395 e. The first kappa shape index (κ1) is 11.6. The van der Waals surface area contributed by atoms with Crippen LogP contribution in [0.3, 0.4) is 0 Å². The van der Waals surface area contributed by atoms with E-state index in [9.17, 15) is 4.79 Å². The number of hydrogen-bond donors (Lipinski definition) is 1. The first-order valence-electron chi connectivity index (χ1n) is 5.55. The number of hydrogen-bond acceptors (Lipinski definition) is 3. The molecule has 88 valence electrons. The summed E-state index contributed by atoms with van der Waals surface area (Å²) in [5.74, 6) is 0. The fraction of sp³-hybridized carbons (Fsp3) is 0.214. The van der Waals surface area contributed by atoms with Crippen LogP contribution in [-0.4, -0.2) is 31.6 Å². The fourth-order valence-electron chi connectivity index (χ4n) is 1.84. The minimum Gasteiger partial charge on any atom is -0.395 e. The standard InChI is InChI=1S/C14H15NO2/c1-15(6-7-16)14-5-4-12-8-11(10-17)2-3-13(12)9-14/h2-5,8-10,16H,6-7H2,1H3. The highest BCUT2D eigenvalue weighted by molar-refractivity contribution is 5.90. The predicted octanol–water partition coefficient (Wildman–Crippen LogP) is 2.08. The average molecular weight is 229 g/mol. The van der Waals surface area contributed by atoms with E-state index in [1.165, 1.54) is 0 Å². The molecule has 2 aromatic rings. The van der Waals surface area contributed by atoms with Gasteiger partial charge >= 0.3 is 0 Å². The molecule has 0 fully saturated rings. The number of rotatable bonds is 4. The fourth-order valence-corrected chi connectivity index (χ4v) is 1.84. The van der Waals surface area contributed by atoms with Crippen molar-refractivity contribution in [3.63, 3.8) is 0 Å². The lowest BCUT2D eigenvalue weighted by Gasteiger charge is -2.18. The van der Waals surface area contributed by atoms with Gasteiger partial charge in [0.2, 0.25) is 0 Å². The molecule has 0 aliphatic rings. The minimum atomic E-state index is 0.138. The number of benzene rings is 2. The Bertz CT molecular complexity index is 537. The second-order valence-corrected chi connectivity index (χ2v) is 4.05. The van der Waals surface area contributed by atoms with Gasteiger partial charge in [-0.25, -0.2) is 0 Å². The Morgan fingerprint density at radius 2 is 1.88 bits per heavy atom. The number of aldehydes is 1. The van der Waals surface area contributed by atoms with Crippen LogP contribution in [0.25, 0.3) is 10.8 Å². The first-order chi connectivity index (χ1) is 8.24. The normalized spacial score (nSPS) is 10.5. The SMILES string of the molecule is CN(CCO)c1ccc2cc(C=O)ccc2c1. The van der Waals surface area contributed by atoms with Gasteiger partial charge in [-0.1, -0.05) is 18.2 Å². The van der Waals surface area contributed by atoms with Crippen molar-refractivity contribution in [3.05, 3.63) is 42.0 Å². The Morgan fingerprint density at radius 1 is 1.18 bits per heavy atom. The molecule has 0 radical (unpaired) electrons. The van der Waals surface area contributed by atoms with Crippen LogP contribution in [-0.2, 0) is 0 Å². The monoisotopic (exact) mass is 229 g/mol. The predicted molar refractivity (Wildman–Crippen MR) is 69.7 cm³/mol. The topological polar surface area (TPSA) is 40.5 Å². The van der Waals surface area contributed by atoms with Crippen LogP contribution in [0.15, 0.2) is 36.4 Å². The van der Waals surface area contributed by atoms with E-state index in [4.69, 9.17) is 5.11 Å². The van der Waals surface area contributed by atoms with E-state index in [2.05, 4.69) is 6.07 Å². The van der Waals surface area contributed by atoms with Crippen molar-refractivity contribution in [2.24, 2.45) is 0 Å². The second kappa shape index (κ2) is 4.97. The lowest BCUT2D eigenvalue weighted by atomic mass is 10.1. The molecule has 0 saturated heterocycles. The Kier molecular flexibility index (Phi) is 3.40. The van der Waals surface area contributed by atoms with Gasteiger partial charge in [0.25, 0.3) is 0 Å². The molecular formula is C14H15NO2. The van der Waals surface area contributed by atoms with E-state index in [0.717, 1.165) is 22.7 Å². The molecule has 0 aliphatic carbocycles. The number of carbonyl (C=O) groups excluding carboxylic acids is 1. The van der Waals surface area contributed by atoms with Gasteiger partial charge in [-0.15, -0.1) is 0 Å². The van der Waals surface area contributed by atoms with Crippen molar-refractivity contribution in [1.29, 1.82) is 0 Å². The molecule has 3 heteroatoms. The third kappa shape index (κ3) is 2.45. The summed E-state index contributed by atoms with van der Waals surface area (Å²) in [5.41, 5.74) is 1.75. The van der Waals surface area contributed by atoms with E-state index in [0.29, 0.717) is 12.1 Å². The zero-order chi connectivity index (χ0) is 12.3. The zero-order valence-corrected chi connectivity index (χ0v) is 9.76. The molecule has 17 heavy (non-hydrogen) atoms. The minimum absolute atomic E-state index is 0.138. The van der Waals surface area contributed by atoms with Crippen LogP contribution in [0.4, 0.5) is 5.69 Å². The summed E-state index contributed by atoms with van der Waals surface area (Å²) < 4.78 is 0. The molecule has 2 rings (SSSR count). The number of aliphatic hydroxyl groups is 1.